The molecule has 6 heteroatoms. The average molecular weight is 316 g/mol. The van der Waals surface area contributed by atoms with Crippen LogP contribution >= 0.6 is 11.6 Å². The Morgan fingerprint density at radius 2 is 2.10 bits per heavy atom. The van der Waals surface area contributed by atoms with Crippen LogP contribution in [0.3, 0.4) is 0 Å². The maximum atomic E-state index is 12.5. The zero-order chi connectivity index (χ0) is 15.6. The van der Waals surface area contributed by atoms with Crippen molar-refractivity contribution >= 4 is 21.6 Å². The molecule has 0 amide bonds. The Bertz CT molecular complexity index is 649. The van der Waals surface area contributed by atoms with Crippen molar-refractivity contribution in [3.05, 3.63) is 22.7 Å². The van der Waals surface area contributed by atoms with E-state index in [2.05, 4.69) is 10.6 Å². The van der Waals surface area contributed by atoms with Crippen LogP contribution in [0.15, 0.2) is 17.0 Å². The predicted molar refractivity (Wildman–Crippen MR) is 80.6 cm³/mol. The number of benzene rings is 1. The zero-order valence-corrected chi connectivity index (χ0v) is 13.5. The van der Waals surface area contributed by atoms with E-state index < -0.39 is 15.6 Å². The van der Waals surface area contributed by atoms with Crippen LogP contribution in [-0.4, -0.2) is 21.1 Å². The van der Waals surface area contributed by atoms with Gasteiger partial charge in [0.05, 0.1) is 12.6 Å². The lowest BCUT2D eigenvalue weighted by Crippen LogP contribution is -2.44. The fourth-order valence-corrected chi connectivity index (χ4v) is 3.38. The number of methoxy groups -OCH3 is 1. The summed E-state index contributed by atoms with van der Waals surface area (Å²) in [4.78, 5) is -0.0227. The fourth-order valence-electron chi connectivity index (χ4n) is 1.56. The molecule has 0 aliphatic carbocycles. The molecule has 110 valence electrons. The van der Waals surface area contributed by atoms with Crippen LogP contribution < -0.4 is 9.46 Å². The molecular formula is C14H18ClNO3S. The summed E-state index contributed by atoms with van der Waals surface area (Å²) < 4.78 is 32.6. The molecule has 0 aliphatic heterocycles. The first-order chi connectivity index (χ1) is 9.19. The van der Waals surface area contributed by atoms with Crippen molar-refractivity contribution in [1.82, 2.24) is 4.72 Å². The van der Waals surface area contributed by atoms with Crippen LogP contribution in [0, 0.1) is 19.3 Å². The van der Waals surface area contributed by atoms with E-state index in [1.807, 2.05) is 6.92 Å². The fraction of sp³-hybridized carbons (Fsp3) is 0.429. The molecule has 20 heavy (non-hydrogen) atoms. The van der Waals surface area contributed by atoms with Crippen molar-refractivity contribution < 1.29 is 13.2 Å². The molecule has 1 aromatic rings. The zero-order valence-electron chi connectivity index (χ0n) is 12.0. The number of halogens is 1. The van der Waals surface area contributed by atoms with Gasteiger partial charge in [-0.2, -0.15) is 4.72 Å². The Morgan fingerprint density at radius 3 is 2.55 bits per heavy atom. The summed E-state index contributed by atoms with van der Waals surface area (Å²) in [6, 6.07) is 2.95. The van der Waals surface area contributed by atoms with Crippen molar-refractivity contribution in [2.75, 3.05) is 7.11 Å². The molecule has 0 spiro atoms. The monoisotopic (exact) mass is 315 g/mol. The topological polar surface area (TPSA) is 55.4 Å². The number of hydrogen-bond donors (Lipinski definition) is 1. The molecule has 1 atom stereocenters. The molecule has 0 saturated heterocycles. The van der Waals surface area contributed by atoms with Gasteiger partial charge >= 0.3 is 0 Å². The van der Waals surface area contributed by atoms with E-state index in [-0.39, 0.29) is 10.6 Å². The highest BCUT2D eigenvalue weighted by Gasteiger charge is 2.29. The van der Waals surface area contributed by atoms with Gasteiger partial charge in [-0.15, -0.1) is 6.42 Å². The van der Waals surface area contributed by atoms with Gasteiger partial charge in [-0.25, -0.2) is 8.42 Å². The number of terminal acetylenes is 1. The number of ether oxygens (including phenoxy) is 1. The van der Waals surface area contributed by atoms with Crippen molar-refractivity contribution in [3.63, 3.8) is 0 Å². The first kappa shape index (κ1) is 16.8. The maximum Gasteiger partial charge on any atom is 0.245 e. The summed E-state index contributed by atoms with van der Waals surface area (Å²) in [6.45, 7) is 5.22. The van der Waals surface area contributed by atoms with Crippen LogP contribution in [-0.2, 0) is 10.0 Å². The van der Waals surface area contributed by atoms with Gasteiger partial charge < -0.3 is 4.74 Å². The lowest BCUT2D eigenvalue weighted by Gasteiger charge is -2.24. The van der Waals surface area contributed by atoms with E-state index in [0.29, 0.717) is 11.4 Å². The Hall–Kier alpha value is -1.22. The first-order valence-corrected chi connectivity index (χ1v) is 7.91. The number of aryl methyl sites for hydroxylation is 1. The van der Waals surface area contributed by atoms with Gasteiger partial charge in [-0.1, -0.05) is 24.4 Å². The molecule has 0 unspecified atom stereocenters. The molecule has 0 fully saturated rings. The molecule has 0 aliphatic rings. The van der Waals surface area contributed by atoms with E-state index >= 15 is 0 Å². The minimum absolute atomic E-state index is 0.0227. The highest BCUT2D eigenvalue weighted by molar-refractivity contribution is 7.89. The van der Waals surface area contributed by atoms with E-state index in [9.17, 15) is 8.42 Å². The quantitative estimate of drug-likeness (QED) is 0.850. The molecule has 0 aromatic heterocycles. The van der Waals surface area contributed by atoms with Gasteiger partial charge in [0.15, 0.2) is 0 Å². The number of rotatable bonds is 5. The Morgan fingerprint density at radius 1 is 1.50 bits per heavy atom. The van der Waals surface area contributed by atoms with Crippen LogP contribution in [0.25, 0.3) is 0 Å². The molecule has 4 nitrogen and oxygen atoms in total. The summed E-state index contributed by atoms with van der Waals surface area (Å²) in [5.74, 6) is 2.68. The van der Waals surface area contributed by atoms with E-state index in [1.54, 1.807) is 19.9 Å². The average Bonchev–Trinajstić information content (AvgIpc) is 2.40. The highest BCUT2D eigenvalue weighted by atomic mass is 35.5. The molecule has 0 heterocycles. The normalized spacial score (nSPS) is 14.4. The predicted octanol–water partition coefficient (Wildman–Crippen LogP) is 2.74. The van der Waals surface area contributed by atoms with Crippen molar-refractivity contribution in [1.29, 1.82) is 0 Å². The molecule has 1 rings (SSSR count). The second-order valence-electron chi connectivity index (χ2n) is 4.69. The molecule has 0 saturated carbocycles. The summed E-state index contributed by atoms with van der Waals surface area (Å²) >= 11 is 6.00. The third-order valence-corrected chi connectivity index (χ3v) is 5.14. The second kappa shape index (κ2) is 6.04. The lowest BCUT2D eigenvalue weighted by atomic mass is 10.0. The van der Waals surface area contributed by atoms with Gasteiger partial charge in [-0.05, 0) is 38.0 Å². The minimum Gasteiger partial charge on any atom is -0.495 e. The molecule has 1 N–H and O–H groups in total. The smallest absolute Gasteiger partial charge is 0.245 e. The number of nitrogens with one attached hydrogen (secondary N) is 1. The van der Waals surface area contributed by atoms with Crippen LogP contribution in [0.2, 0.25) is 5.02 Å². The Kier molecular flexibility index (Phi) is 5.09. The Labute approximate surface area is 125 Å². The van der Waals surface area contributed by atoms with Gasteiger partial charge in [0, 0.05) is 5.02 Å². The second-order valence-corrected chi connectivity index (χ2v) is 6.75. The third kappa shape index (κ3) is 3.45. The van der Waals surface area contributed by atoms with Crippen LogP contribution in [0.1, 0.15) is 25.8 Å². The summed E-state index contributed by atoms with van der Waals surface area (Å²) in [6.07, 6.45) is 5.86. The third-order valence-electron chi connectivity index (χ3n) is 3.12. The lowest BCUT2D eigenvalue weighted by molar-refractivity contribution is 0.401. The number of sulfonamides is 1. The van der Waals surface area contributed by atoms with Crippen molar-refractivity contribution in [2.24, 2.45) is 0 Å². The summed E-state index contributed by atoms with van der Waals surface area (Å²) in [5, 5.41) is 0.352. The largest absolute Gasteiger partial charge is 0.495 e. The minimum atomic E-state index is -3.83. The van der Waals surface area contributed by atoms with Gasteiger partial charge in [0.2, 0.25) is 10.0 Å². The van der Waals surface area contributed by atoms with E-state index in [4.69, 9.17) is 22.8 Å². The van der Waals surface area contributed by atoms with Gasteiger partial charge in [0.25, 0.3) is 0 Å². The molecule has 0 bridgehead atoms. The van der Waals surface area contributed by atoms with Gasteiger partial charge in [-0.3, -0.25) is 0 Å². The number of hydrogen-bond acceptors (Lipinski definition) is 3. The molecule has 0 radical (unpaired) electrons. The standard InChI is InChI=1S/C14H18ClNO3S/c1-6-14(4,7-2)16-20(17,18)13-9-11(15)10(3)8-12(13)19-5/h1,8-9,16H,7H2,2-5H3/t14-/m0/s1. The van der Waals surface area contributed by atoms with Crippen LogP contribution in [0.5, 0.6) is 5.75 Å². The SMILES string of the molecule is C#C[C@@](C)(CC)NS(=O)(=O)c1cc(Cl)c(C)cc1OC. The van der Waals surface area contributed by atoms with Crippen molar-refractivity contribution in [2.45, 2.75) is 37.6 Å². The Balaban J connectivity index is 3.37. The summed E-state index contributed by atoms with van der Waals surface area (Å²) in [5.41, 5.74) is -0.223. The van der Waals surface area contributed by atoms with E-state index in [1.165, 1.54) is 13.2 Å². The summed E-state index contributed by atoms with van der Waals surface area (Å²) in [7, 11) is -2.42. The molecule has 1 aromatic carbocycles. The molecular weight excluding hydrogens is 298 g/mol. The van der Waals surface area contributed by atoms with Gasteiger partial charge in [0.1, 0.15) is 10.6 Å². The van der Waals surface area contributed by atoms with Crippen LogP contribution in [0.4, 0.5) is 0 Å². The van der Waals surface area contributed by atoms with Crippen molar-refractivity contribution in [3.8, 4) is 18.1 Å². The highest BCUT2D eigenvalue weighted by Crippen LogP contribution is 2.30. The maximum absolute atomic E-state index is 12.5. The first-order valence-electron chi connectivity index (χ1n) is 6.05. The van der Waals surface area contributed by atoms with E-state index in [0.717, 1.165) is 5.56 Å².